The van der Waals surface area contributed by atoms with E-state index in [1.807, 2.05) is 0 Å². The van der Waals surface area contributed by atoms with Crippen LogP contribution in [0.1, 0.15) is 44.5 Å². The van der Waals surface area contributed by atoms with Crippen LogP contribution in [0.15, 0.2) is 36.4 Å². The fraction of sp³-hybridized carbons (Fsp3) is 0.389. The van der Waals surface area contributed by atoms with E-state index in [4.69, 9.17) is 14.2 Å². The summed E-state index contributed by atoms with van der Waals surface area (Å²) in [6, 6.07) is 5.94. The minimum Gasteiger partial charge on any atom is -0.459 e. The van der Waals surface area contributed by atoms with Gasteiger partial charge in [0, 0.05) is 5.57 Å². The van der Waals surface area contributed by atoms with Gasteiger partial charge in [-0.15, -0.1) is 0 Å². The van der Waals surface area contributed by atoms with Crippen molar-refractivity contribution in [2.24, 2.45) is 0 Å². The van der Waals surface area contributed by atoms with E-state index in [1.165, 1.54) is 31.2 Å². The highest BCUT2D eigenvalue weighted by Gasteiger charge is 2.23. The summed E-state index contributed by atoms with van der Waals surface area (Å²) in [4.78, 5) is 35.3. The number of hydrogen-bond acceptors (Lipinski definition) is 6. The van der Waals surface area contributed by atoms with E-state index in [1.54, 1.807) is 20.8 Å². The number of benzene rings is 1. The smallest absolute Gasteiger partial charge is 0.352 e. The summed E-state index contributed by atoms with van der Waals surface area (Å²) in [5, 5.41) is 0. The maximum atomic E-state index is 12.0. The SMILES string of the molecule is C=C(C)C(=O)OC(CC)C(=O)Oc1ccc(C(=O)OC(C)C)cc1. The van der Waals surface area contributed by atoms with Crippen LogP contribution < -0.4 is 4.74 Å². The molecule has 0 saturated carbocycles. The molecule has 0 aliphatic heterocycles. The topological polar surface area (TPSA) is 78.9 Å². The molecule has 1 aromatic carbocycles. The summed E-state index contributed by atoms with van der Waals surface area (Å²) in [5.74, 6) is -1.55. The van der Waals surface area contributed by atoms with Crippen LogP contribution >= 0.6 is 0 Å². The first-order valence-electron chi connectivity index (χ1n) is 7.63. The second-order valence-electron chi connectivity index (χ2n) is 5.48. The van der Waals surface area contributed by atoms with Crippen LogP contribution in [0.2, 0.25) is 0 Å². The maximum Gasteiger partial charge on any atom is 0.352 e. The van der Waals surface area contributed by atoms with Crippen molar-refractivity contribution in [3.05, 3.63) is 42.0 Å². The van der Waals surface area contributed by atoms with E-state index in [0.29, 0.717) is 5.56 Å². The average molecular weight is 334 g/mol. The Morgan fingerprint density at radius 1 is 1.08 bits per heavy atom. The zero-order valence-electron chi connectivity index (χ0n) is 14.3. The van der Waals surface area contributed by atoms with Crippen molar-refractivity contribution in [1.82, 2.24) is 0 Å². The lowest BCUT2D eigenvalue weighted by atomic mass is 10.2. The largest absolute Gasteiger partial charge is 0.459 e. The molecule has 1 unspecified atom stereocenters. The van der Waals surface area contributed by atoms with Crippen molar-refractivity contribution in [3.63, 3.8) is 0 Å². The minimum atomic E-state index is -1.01. The van der Waals surface area contributed by atoms with Gasteiger partial charge in [-0.3, -0.25) is 0 Å². The Morgan fingerprint density at radius 2 is 1.67 bits per heavy atom. The molecule has 6 heteroatoms. The summed E-state index contributed by atoms with van der Waals surface area (Å²) in [7, 11) is 0. The summed E-state index contributed by atoms with van der Waals surface area (Å²) in [6.45, 7) is 10.2. The fourth-order valence-electron chi connectivity index (χ4n) is 1.65. The lowest BCUT2D eigenvalue weighted by Gasteiger charge is -2.15. The van der Waals surface area contributed by atoms with Gasteiger partial charge in [-0.1, -0.05) is 13.5 Å². The molecule has 0 aliphatic rings. The van der Waals surface area contributed by atoms with Gasteiger partial charge in [0.1, 0.15) is 5.75 Å². The number of carbonyl (C=O) groups excluding carboxylic acids is 3. The third kappa shape index (κ3) is 5.87. The summed E-state index contributed by atoms with van der Waals surface area (Å²) >= 11 is 0. The highest BCUT2D eigenvalue weighted by Crippen LogP contribution is 2.15. The number of esters is 3. The monoisotopic (exact) mass is 334 g/mol. The van der Waals surface area contributed by atoms with Gasteiger partial charge in [0.05, 0.1) is 11.7 Å². The lowest BCUT2D eigenvalue weighted by Crippen LogP contribution is -2.30. The number of hydrogen-bond donors (Lipinski definition) is 0. The molecule has 0 aliphatic carbocycles. The molecule has 0 spiro atoms. The van der Waals surface area contributed by atoms with E-state index < -0.39 is 24.0 Å². The summed E-state index contributed by atoms with van der Waals surface area (Å²) < 4.78 is 15.2. The Morgan fingerprint density at radius 3 is 2.12 bits per heavy atom. The van der Waals surface area contributed by atoms with E-state index >= 15 is 0 Å². The molecule has 0 bridgehead atoms. The lowest BCUT2D eigenvalue weighted by molar-refractivity contribution is -0.159. The van der Waals surface area contributed by atoms with E-state index in [2.05, 4.69) is 6.58 Å². The maximum absolute atomic E-state index is 12.0. The van der Waals surface area contributed by atoms with Crippen LogP contribution in [0, 0.1) is 0 Å². The minimum absolute atomic E-state index is 0.203. The second-order valence-corrected chi connectivity index (χ2v) is 5.48. The Hall–Kier alpha value is -2.63. The predicted molar refractivity (Wildman–Crippen MR) is 87.6 cm³/mol. The zero-order chi connectivity index (χ0) is 18.3. The standard InChI is InChI=1S/C18H22O6/c1-6-15(24-16(19)11(2)3)18(21)23-14-9-7-13(8-10-14)17(20)22-12(4)5/h7-10,12,15H,2,6H2,1,3-5H3. The molecule has 0 saturated heterocycles. The van der Waals surface area contributed by atoms with Gasteiger partial charge in [0.2, 0.25) is 0 Å². The molecule has 0 radical (unpaired) electrons. The number of ether oxygens (including phenoxy) is 3. The van der Waals surface area contributed by atoms with Gasteiger partial charge >= 0.3 is 17.9 Å². The van der Waals surface area contributed by atoms with Crippen molar-refractivity contribution in [1.29, 1.82) is 0 Å². The van der Waals surface area contributed by atoms with Gasteiger partial charge in [0.15, 0.2) is 6.10 Å². The zero-order valence-corrected chi connectivity index (χ0v) is 14.3. The van der Waals surface area contributed by atoms with Crippen LogP contribution in [0.4, 0.5) is 0 Å². The third-order valence-electron chi connectivity index (χ3n) is 2.88. The Labute approximate surface area is 141 Å². The normalized spacial score (nSPS) is 11.5. The van der Waals surface area contributed by atoms with Gasteiger partial charge in [-0.2, -0.15) is 0 Å². The quantitative estimate of drug-likeness (QED) is 0.433. The van der Waals surface area contributed by atoms with E-state index in [9.17, 15) is 14.4 Å². The summed E-state index contributed by atoms with van der Waals surface area (Å²) in [6.07, 6.45) is -0.959. The Bertz CT molecular complexity index is 615. The van der Waals surface area contributed by atoms with Gasteiger partial charge in [0.25, 0.3) is 0 Å². The number of carbonyl (C=O) groups is 3. The Kier molecular flexibility index (Phi) is 7.17. The van der Waals surface area contributed by atoms with Crippen molar-refractivity contribution in [3.8, 4) is 5.75 Å². The first kappa shape index (κ1) is 19.4. The average Bonchev–Trinajstić information content (AvgIpc) is 2.51. The Balaban J connectivity index is 2.71. The first-order chi connectivity index (χ1) is 11.2. The van der Waals surface area contributed by atoms with Crippen molar-refractivity contribution in [2.45, 2.75) is 46.3 Å². The molecule has 0 N–H and O–H groups in total. The molecule has 130 valence electrons. The van der Waals surface area contributed by atoms with Crippen molar-refractivity contribution in [2.75, 3.05) is 0 Å². The molecule has 0 heterocycles. The molecule has 0 aromatic heterocycles. The van der Waals surface area contributed by atoms with E-state index in [-0.39, 0.29) is 23.8 Å². The molecule has 0 fully saturated rings. The van der Waals surface area contributed by atoms with Crippen molar-refractivity contribution >= 4 is 17.9 Å². The van der Waals surface area contributed by atoms with Gasteiger partial charge < -0.3 is 14.2 Å². The van der Waals surface area contributed by atoms with Crippen LogP contribution in [-0.2, 0) is 19.1 Å². The third-order valence-corrected chi connectivity index (χ3v) is 2.88. The van der Waals surface area contributed by atoms with E-state index in [0.717, 1.165) is 0 Å². The van der Waals surface area contributed by atoms with Crippen molar-refractivity contribution < 1.29 is 28.6 Å². The molecule has 1 rings (SSSR count). The van der Waals surface area contributed by atoms with Crippen LogP contribution in [0.5, 0.6) is 5.75 Å². The molecule has 1 atom stereocenters. The molecular formula is C18H22O6. The second kappa shape index (κ2) is 8.86. The molecule has 6 nitrogen and oxygen atoms in total. The highest BCUT2D eigenvalue weighted by atomic mass is 16.6. The first-order valence-corrected chi connectivity index (χ1v) is 7.63. The molecule has 1 aromatic rings. The van der Waals surface area contributed by atoms with Gasteiger partial charge in [-0.25, -0.2) is 14.4 Å². The van der Waals surface area contributed by atoms with Gasteiger partial charge in [-0.05, 0) is 51.5 Å². The molecule has 0 amide bonds. The van der Waals surface area contributed by atoms with Crippen LogP contribution in [0.25, 0.3) is 0 Å². The fourth-order valence-corrected chi connectivity index (χ4v) is 1.65. The van der Waals surface area contributed by atoms with Crippen LogP contribution in [-0.4, -0.2) is 30.1 Å². The number of rotatable bonds is 7. The van der Waals surface area contributed by atoms with Crippen LogP contribution in [0.3, 0.4) is 0 Å². The summed E-state index contributed by atoms with van der Waals surface area (Å²) in [5.41, 5.74) is 0.554. The highest BCUT2D eigenvalue weighted by molar-refractivity contribution is 5.90. The molecular weight excluding hydrogens is 312 g/mol. The molecule has 24 heavy (non-hydrogen) atoms. The predicted octanol–water partition coefficient (Wildman–Crippen LogP) is 3.06.